The summed E-state index contributed by atoms with van der Waals surface area (Å²) in [7, 11) is 0. The third-order valence-corrected chi connectivity index (χ3v) is 2.16. The number of hydrogen-bond acceptors (Lipinski definition) is 3. The number of ether oxygens (including phenoxy) is 1. The van der Waals surface area contributed by atoms with Gasteiger partial charge in [-0.15, -0.1) is 0 Å². The fourth-order valence-electron chi connectivity index (χ4n) is 1.20. The fourth-order valence-corrected chi connectivity index (χ4v) is 1.20. The van der Waals surface area contributed by atoms with Crippen LogP contribution in [-0.2, 0) is 9.53 Å². The molecule has 0 aromatic rings. The van der Waals surface area contributed by atoms with E-state index < -0.39 is 0 Å². The van der Waals surface area contributed by atoms with Crippen LogP contribution in [0.4, 0.5) is 0 Å². The van der Waals surface area contributed by atoms with Gasteiger partial charge >= 0.3 is 0 Å². The first-order valence-electron chi connectivity index (χ1n) is 5.60. The van der Waals surface area contributed by atoms with E-state index in [1.807, 2.05) is 13.8 Å². The molecule has 1 amide bonds. The highest BCUT2D eigenvalue weighted by molar-refractivity contribution is 5.76. The summed E-state index contributed by atoms with van der Waals surface area (Å²) in [6.45, 7) is 9.14. The zero-order chi connectivity index (χ0) is 11.8. The molecule has 0 spiro atoms. The van der Waals surface area contributed by atoms with Crippen LogP contribution in [0.25, 0.3) is 0 Å². The maximum atomic E-state index is 11.5. The van der Waals surface area contributed by atoms with Crippen molar-refractivity contribution in [3.63, 3.8) is 0 Å². The van der Waals surface area contributed by atoms with Crippen LogP contribution in [0.5, 0.6) is 0 Å². The van der Waals surface area contributed by atoms with Gasteiger partial charge in [-0.2, -0.15) is 0 Å². The van der Waals surface area contributed by atoms with Gasteiger partial charge in [-0.05, 0) is 19.8 Å². The molecular formula is C11H24N2O2. The highest BCUT2D eigenvalue weighted by Gasteiger charge is 2.16. The first kappa shape index (κ1) is 14.4. The van der Waals surface area contributed by atoms with E-state index in [1.54, 1.807) is 0 Å². The van der Waals surface area contributed by atoms with Gasteiger partial charge in [0.1, 0.15) is 0 Å². The molecule has 0 radical (unpaired) electrons. The molecule has 4 heteroatoms. The predicted octanol–water partition coefficient (Wildman–Crippen LogP) is 0.901. The second kappa shape index (κ2) is 7.65. The Balaban J connectivity index is 3.98. The lowest BCUT2D eigenvalue weighted by Crippen LogP contribution is -2.43. The van der Waals surface area contributed by atoms with Crippen LogP contribution in [0.3, 0.4) is 0 Å². The molecule has 0 bridgehead atoms. The molecule has 15 heavy (non-hydrogen) atoms. The zero-order valence-electron chi connectivity index (χ0n) is 10.2. The lowest BCUT2D eigenvalue weighted by molar-refractivity contribution is -0.122. The van der Waals surface area contributed by atoms with Gasteiger partial charge in [-0.1, -0.05) is 13.8 Å². The van der Waals surface area contributed by atoms with Gasteiger partial charge in [0.15, 0.2) is 0 Å². The molecule has 0 rings (SSSR count). The van der Waals surface area contributed by atoms with Crippen molar-refractivity contribution in [3.05, 3.63) is 0 Å². The minimum absolute atomic E-state index is 0.00315. The Morgan fingerprint density at radius 3 is 2.40 bits per heavy atom. The van der Waals surface area contributed by atoms with E-state index in [9.17, 15) is 4.79 Å². The van der Waals surface area contributed by atoms with Crippen molar-refractivity contribution in [3.8, 4) is 0 Å². The number of nitrogens with one attached hydrogen (secondary N) is 1. The molecule has 0 aliphatic rings. The number of rotatable bonds is 7. The average molecular weight is 216 g/mol. The van der Waals surface area contributed by atoms with E-state index in [0.717, 1.165) is 0 Å². The van der Waals surface area contributed by atoms with E-state index in [2.05, 4.69) is 19.2 Å². The minimum Gasteiger partial charge on any atom is -0.380 e. The second-order valence-electron chi connectivity index (χ2n) is 4.26. The smallest absolute Gasteiger partial charge is 0.221 e. The maximum Gasteiger partial charge on any atom is 0.221 e. The van der Waals surface area contributed by atoms with Gasteiger partial charge in [0.25, 0.3) is 0 Å². The summed E-state index contributed by atoms with van der Waals surface area (Å²) in [5.74, 6) is 0.372. The Hall–Kier alpha value is -0.610. The van der Waals surface area contributed by atoms with Crippen molar-refractivity contribution in [2.45, 2.75) is 46.2 Å². The van der Waals surface area contributed by atoms with Gasteiger partial charge < -0.3 is 15.8 Å². The van der Waals surface area contributed by atoms with E-state index in [1.165, 1.54) is 0 Å². The Kier molecular flexibility index (Phi) is 7.34. The molecule has 0 fully saturated rings. The number of carbonyl (C=O) groups is 1. The summed E-state index contributed by atoms with van der Waals surface area (Å²) >= 11 is 0. The van der Waals surface area contributed by atoms with Crippen LogP contribution in [-0.4, -0.2) is 31.2 Å². The number of hydrogen-bond donors (Lipinski definition) is 2. The van der Waals surface area contributed by atoms with Crippen molar-refractivity contribution < 1.29 is 9.53 Å². The van der Waals surface area contributed by atoms with Crippen LogP contribution >= 0.6 is 0 Å². The quantitative estimate of drug-likeness (QED) is 0.664. The zero-order valence-corrected chi connectivity index (χ0v) is 10.2. The lowest BCUT2D eigenvalue weighted by Gasteiger charge is -2.22. The van der Waals surface area contributed by atoms with Gasteiger partial charge in [0, 0.05) is 19.1 Å². The van der Waals surface area contributed by atoms with Gasteiger partial charge in [0.05, 0.1) is 12.6 Å². The molecule has 0 saturated heterocycles. The summed E-state index contributed by atoms with van der Waals surface area (Å²) < 4.78 is 5.32. The van der Waals surface area contributed by atoms with Crippen LogP contribution in [0, 0.1) is 5.92 Å². The average Bonchev–Trinajstić information content (AvgIpc) is 2.10. The number of nitrogens with two attached hydrogens (primary N) is 1. The highest BCUT2D eigenvalue weighted by Crippen LogP contribution is 2.03. The Labute approximate surface area is 92.6 Å². The van der Waals surface area contributed by atoms with Gasteiger partial charge in [-0.3, -0.25) is 4.79 Å². The molecule has 0 aromatic carbocycles. The van der Waals surface area contributed by atoms with Gasteiger partial charge in [0.2, 0.25) is 5.91 Å². The van der Waals surface area contributed by atoms with E-state index in [0.29, 0.717) is 25.6 Å². The van der Waals surface area contributed by atoms with Crippen molar-refractivity contribution in [1.82, 2.24) is 5.32 Å². The molecule has 4 nitrogen and oxygen atoms in total. The van der Waals surface area contributed by atoms with Crippen LogP contribution in [0.15, 0.2) is 0 Å². The highest BCUT2D eigenvalue weighted by atomic mass is 16.5. The summed E-state index contributed by atoms with van der Waals surface area (Å²) in [6.07, 6.45) is 0.370. The molecule has 0 saturated carbocycles. The standard InChI is InChI=1S/C11H24N2O2/c1-5-15-7-10(8(2)3)13-11(14)6-9(4)12/h8-10H,5-7,12H2,1-4H3,(H,13,14). The monoisotopic (exact) mass is 216 g/mol. The molecule has 0 aliphatic heterocycles. The second-order valence-corrected chi connectivity index (χ2v) is 4.26. The Morgan fingerprint density at radius 2 is 2.00 bits per heavy atom. The third-order valence-electron chi connectivity index (χ3n) is 2.16. The molecule has 2 atom stereocenters. The molecule has 3 N–H and O–H groups in total. The molecule has 2 unspecified atom stereocenters. The van der Waals surface area contributed by atoms with E-state index >= 15 is 0 Å². The minimum atomic E-state index is -0.0927. The molecule has 0 aromatic heterocycles. The van der Waals surface area contributed by atoms with Crippen LogP contribution in [0.1, 0.15) is 34.1 Å². The fraction of sp³-hybridized carbons (Fsp3) is 0.909. The molecule has 90 valence electrons. The Bertz CT molecular complexity index is 181. The lowest BCUT2D eigenvalue weighted by atomic mass is 10.0. The summed E-state index contributed by atoms with van der Waals surface area (Å²) in [4.78, 5) is 11.5. The first-order valence-corrected chi connectivity index (χ1v) is 5.60. The number of amides is 1. The third kappa shape index (κ3) is 7.33. The SMILES string of the molecule is CCOCC(NC(=O)CC(C)N)C(C)C. The normalized spacial score (nSPS) is 15.1. The van der Waals surface area contributed by atoms with Crippen molar-refractivity contribution >= 4 is 5.91 Å². The summed E-state index contributed by atoms with van der Waals surface area (Å²) in [5, 5.41) is 2.94. The van der Waals surface area contributed by atoms with E-state index in [4.69, 9.17) is 10.5 Å². The first-order chi connectivity index (χ1) is 6.97. The summed E-state index contributed by atoms with van der Waals surface area (Å²) in [6, 6.07) is -0.0129. The van der Waals surface area contributed by atoms with Crippen LogP contribution < -0.4 is 11.1 Å². The van der Waals surface area contributed by atoms with Crippen molar-refractivity contribution in [1.29, 1.82) is 0 Å². The molecular weight excluding hydrogens is 192 g/mol. The molecule has 0 heterocycles. The van der Waals surface area contributed by atoms with Crippen LogP contribution in [0.2, 0.25) is 0 Å². The van der Waals surface area contributed by atoms with Crippen molar-refractivity contribution in [2.75, 3.05) is 13.2 Å². The number of carbonyl (C=O) groups excluding carboxylic acids is 1. The van der Waals surface area contributed by atoms with Gasteiger partial charge in [-0.25, -0.2) is 0 Å². The summed E-state index contributed by atoms with van der Waals surface area (Å²) in [5.41, 5.74) is 5.55. The molecule has 0 aliphatic carbocycles. The predicted molar refractivity (Wildman–Crippen MR) is 61.5 cm³/mol. The largest absolute Gasteiger partial charge is 0.380 e. The van der Waals surface area contributed by atoms with E-state index in [-0.39, 0.29) is 18.0 Å². The maximum absolute atomic E-state index is 11.5. The Morgan fingerprint density at radius 1 is 1.40 bits per heavy atom. The topological polar surface area (TPSA) is 64.3 Å². The van der Waals surface area contributed by atoms with Crippen molar-refractivity contribution in [2.24, 2.45) is 11.7 Å².